The predicted octanol–water partition coefficient (Wildman–Crippen LogP) is 2.60. The Morgan fingerprint density at radius 2 is 2.16 bits per heavy atom. The van der Waals surface area contributed by atoms with E-state index in [1.807, 2.05) is 6.92 Å². The van der Waals surface area contributed by atoms with Crippen molar-refractivity contribution in [2.75, 3.05) is 13.7 Å². The van der Waals surface area contributed by atoms with Crippen LogP contribution in [-0.4, -0.2) is 24.4 Å². The Bertz CT molecular complexity index is 472. The van der Waals surface area contributed by atoms with Crippen LogP contribution in [0.4, 0.5) is 5.69 Å². The van der Waals surface area contributed by atoms with Crippen molar-refractivity contribution in [1.82, 2.24) is 0 Å². The van der Waals surface area contributed by atoms with Crippen molar-refractivity contribution in [1.29, 1.82) is 0 Å². The van der Waals surface area contributed by atoms with Crippen LogP contribution in [-0.2, 0) is 4.79 Å². The van der Waals surface area contributed by atoms with Crippen molar-refractivity contribution in [3.05, 3.63) is 28.3 Å². The highest BCUT2D eigenvalue weighted by molar-refractivity contribution is 5.82. The molecule has 0 saturated heterocycles. The number of carbonyl (C=O) groups excluding carboxylic acids is 1. The summed E-state index contributed by atoms with van der Waals surface area (Å²) in [7, 11) is 1.45. The molecular formula is C13H17NO5. The molecular weight excluding hydrogens is 250 g/mol. The van der Waals surface area contributed by atoms with Crippen LogP contribution >= 0.6 is 0 Å². The van der Waals surface area contributed by atoms with E-state index in [0.717, 1.165) is 0 Å². The van der Waals surface area contributed by atoms with Gasteiger partial charge in [0.15, 0.2) is 5.78 Å². The Morgan fingerprint density at radius 1 is 1.47 bits per heavy atom. The number of nitro benzene ring substituents is 1. The van der Waals surface area contributed by atoms with Gasteiger partial charge in [0, 0.05) is 18.1 Å². The van der Waals surface area contributed by atoms with Gasteiger partial charge in [-0.25, -0.2) is 0 Å². The summed E-state index contributed by atoms with van der Waals surface area (Å²) in [6.45, 7) is 3.52. The lowest BCUT2D eigenvalue weighted by atomic mass is 10.0. The van der Waals surface area contributed by atoms with Crippen LogP contribution in [0.2, 0.25) is 0 Å². The number of hydrogen-bond acceptors (Lipinski definition) is 5. The first-order valence-electron chi connectivity index (χ1n) is 5.97. The highest BCUT2D eigenvalue weighted by Gasteiger charge is 2.18. The van der Waals surface area contributed by atoms with Gasteiger partial charge >= 0.3 is 5.69 Å². The summed E-state index contributed by atoms with van der Waals surface area (Å²) in [5, 5.41) is 10.9. The van der Waals surface area contributed by atoms with Crippen molar-refractivity contribution in [2.24, 2.45) is 5.92 Å². The molecule has 104 valence electrons. The number of carbonyl (C=O) groups is 1. The number of ketones is 1. The van der Waals surface area contributed by atoms with Gasteiger partial charge in [0.25, 0.3) is 0 Å². The summed E-state index contributed by atoms with van der Waals surface area (Å²) >= 11 is 0. The normalized spacial score (nSPS) is 11.7. The molecule has 19 heavy (non-hydrogen) atoms. The molecule has 1 aromatic rings. The number of hydrogen-bond donors (Lipinski definition) is 0. The number of ether oxygens (including phenoxy) is 2. The number of nitrogens with zero attached hydrogens (tertiary/aromatic N) is 1. The molecule has 0 amide bonds. The first-order chi connectivity index (χ1) is 8.99. The van der Waals surface area contributed by atoms with Crippen molar-refractivity contribution >= 4 is 11.5 Å². The Balaban J connectivity index is 2.86. The van der Waals surface area contributed by atoms with Crippen LogP contribution < -0.4 is 9.47 Å². The van der Waals surface area contributed by atoms with Crippen LogP contribution in [0.25, 0.3) is 0 Å². The van der Waals surface area contributed by atoms with E-state index >= 15 is 0 Å². The van der Waals surface area contributed by atoms with E-state index in [1.165, 1.54) is 25.3 Å². The quantitative estimate of drug-likeness (QED) is 0.560. The van der Waals surface area contributed by atoms with E-state index in [4.69, 9.17) is 9.47 Å². The minimum absolute atomic E-state index is 0.0426. The molecule has 0 aliphatic carbocycles. The first-order valence-corrected chi connectivity index (χ1v) is 5.97. The van der Waals surface area contributed by atoms with Crippen molar-refractivity contribution in [3.8, 4) is 11.5 Å². The second-order valence-corrected chi connectivity index (χ2v) is 4.16. The van der Waals surface area contributed by atoms with Crippen molar-refractivity contribution in [3.63, 3.8) is 0 Å². The fourth-order valence-corrected chi connectivity index (χ4v) is 1.41. The van der Waals surface area contributed by atoms with Gasteiger partial charge in [-0.3, -0.25) is 14.9 Å². The van der Waals surface area contributed by atoms with Gasteiger partial charge < -0.3 is 9.47 Å². The average Bonchev–Trinajstić information content (AvgIpc) is 2.43. The molecule has 0 N–H and O–H groups in total. The average molecular weight is 267 g/mol. The molecule has 0 aliphatic rings. The van der Waals surface area contributed by atoms with Gasteiger partial charge in [0.2, 0.25) is 5.75 Å². The monoisotopic (exact) mass is 267 g/mol. The summed E-state index contributed by atoms with van der Waals surface area (Å²) in [6.07, 6.45) is 0.711. The Hall–Kier alpha value is -2.11. The van der Waals surface area contributed by atoms with Crippen molar-refractivity contribution < 1.29 is 19.2 Å². The lowest BCUT2D eigenvalue weighted by molar-refractivity contribution is -0.385. The van der Waals surface area contributed by atoms with Crippen LogP contribution in [0.3, 0.4) is 0 Å². The summed E-state index contributed by atoms with van der Waals surface area (Å²) in [5.41, 5.74) is -0.183. The van der Waals surface area contributed by atoms with Crippen molar-refractivity contribution in [2.45, 2.75) is 20.3 Å². The van der Waals surface area contributed by atoms with E-state index in [9.17, 15) is 14.9 Å². The third-order valence-electron chi connectivity index (χ3n) is 2.90. The largest absolute Gasteiger partial charge is 0.497 e. The maximum absolute atomic E-state index is 11.7. The molecule has 6 heteroatoms. The molecule has 1 atom stereocenters. The van der Waals surface area contributed by atoms with Crippen LogP contribution in [0.15, 0.2) is 18.2 Å². The Kier molecular flexibility index (Phi) is 5.29. The molecule has 1 aromatic carbocycles. The van der Waals surface area contributed by atoms with Gasteiger partial charge in [0.1, 0.15) is 12.4 Å². The van der Waals surface area contributed by atoms with E-state index in [0.29, 0.717) is 12.2 Å². The molecule has 0 heterocycles. The molecule has 0 aromatic heterocycles. The summed E-state index contributed by atoms with van der Waals surface area (Å²) in [4.78, 5) is 22.0. The molecule has 1 unspecified atom stereocenters. The van der Waals surface area contributed by atoms with E-state index in [1.54, 1.807) is 6.92 Å². The van der Waals surface area contributed by atoms with Crippen LogP contribution in [0.5, 0.6) is 11.5 Å². The van der Waals surface area contributed by atoms with Gasteiger partial charge in [0.05, 0.1) is 12.0 Å². The second-order valence-electron chi connectivity index (χ2n) is 4.16. The van der Waals surface area contributed by atoms with Gasteiger partial charge in [-0.05, 0) is 12.5 Å². The SMILES string of the molecule is CCC(C)C(=O)COc1cc(OC)ccc1[N+](=O)[O-]. The van der Waals surface area contributed by atoms with E-state index in [-0.39, 0.29) is 29.7 Å². The maximum Gasteiger partial charge on any atom is 0.311 e. The smallest absolute Gasteiger partial charge is 0.311 e. The van der Waals surface area contributed by atoms with Gasteiger partial charge in [-0.15, -0.1) is 0 Å². The lowest BCUT2D eigenvalue weighted by Crippen LogP contribution is -2.19. The van der Waals surface area contributed by atoms with Gasteiger partial charge in [-0.2, -0.15) is 0 Å². The molecule has 1 rings (SSSR count). The molecule has 6 nitrogen and oxygen atoms in total. The van der Waals surface area contributed by atoms with Crippen LogP contribution in [0.1, 0.15) is 20.3 Å². The second kappa shape index (κ2) is 6.72. The zero-order chi connectivity index (χ0) is 14.4. The molecule has 0 saturated carbocycles. The zero-order valence-electron chi connectivity index (χ0n) is 11.2. The van der Waals surface area contributed by atoms with Crippen LogP contribution in [0, 0.1) is 16.0 Å². The number of Topliss-reactive ketones (excluding diaryl/α,β-unsaturated/α-hetero) is 1. The van der Waals surface area contributed by atoms with E-state index < -0.39 is 4.92 Å². The molecule has 0 aliphatic heterocycles. The summed E-state index contributed by atoms with van der Waals surface area (Å²) < 4.78 is 10.2. The minimum Gasteiger partial charge on any atom is -0.497 e. The van der Waals surface area contributed by atoms with E-state index in [2.05, 4.69) is 0 Å². The number of methoxy groups -OCH3 is 1. The Morgan fingerprint density at radius 3 is 2.68 bits per heavy atom. The lowest BCUT2D eigenvalue weighted by Gasteiger charge is -2.10. The third-order valence-corrected chi connectivity index (χ3v) is 2.90. The highest BCUT2D eigenvalue weighted by atomic mass is 16.6. The predicted molar refractivity (Wildman–Crippen MR) is 69.6 cm³/mol. The number of nitro groups is 1. The molecule has 0 spiro atoms. The fourth-order valence-electron chi connectivity index (χ4n) is 1.41. The standard InChI is InChI=1S/C13H17NO5/c1-4-9(2)12(15)8-19-13-7-10(18-3)5-6-11(13)14(16)17/h5-7,9H,4,8H2,1-3H3. The fraction of sp³-hybridized carbons (Fsp3) is 0.462. The topological polar surface area (TPSA) is 78.7 Å². The highest BCUT2D eigenvalue weighted by Crippen LogP contribution is 2.31. The third kappa shape index (κ3) is 3.94. The molecule has 0 bridgehead atoms. The molecule has 0 radical (unpaired) electrons. The zero-order valence-corrected chi connectivity index (χ0v) is 11.2. The summed E-state index contributed by atoms with van der Waals surface area (Å²) in [5.74, 6) is 0.280. The Labute approximate surface area is 111 Å². The minimum atomic E-state index is -0.553. The molecule has 0 fully saturated rings. The van der Waals surface area contributed by atoms with Gasteiger partial charge in [-0.1, -0.05) is 13.8 Å². The number of rotatable bonds is 7. The first kappa shape index (κ1) is 14.9. The summed E-state index contributed by atoms with van der Waals surface area (Å²) in [6, 6.07) is 4.17. The number of benzene rings is 1. The maximum atomic E-state index is 11.7.